The van der Waals surface area contributed by atoms with Gasteiger partial charge in [-0.25, -0.2) is 4.98 Å². The van der Waals surface area contributed by atoms with Gasteiger partial charge >= 0.3 is 0 Å². The van der Waals surface area contributed by atoms with Crippen LogP contribution in [0.5, 0.6) is 0 Å². The summed E-state index contributed by atoms with van der Waals surface area (Å²) in [6.07, 6.45) is 0.518. The minimum atomic E-state index is -0.124. The lowest BCUT2D eigenvalue weighted by Crippen LogP contribution is -2.27. The first-order chi connectivity index (χ1) is 15.5. The second-order valence-corrected chi connectivity index (χ2v) is 7.77. The summed E-state index contributed by atoms with van der Waals surface area (Å²) in [6, 6.07) is 22.7. The van der Waals surface area contributed by atoms with Crippen molar-refractivity contribution in [2.75, 3.05) is 11.9 Å². The highest BCUT2D eigenvalue weighted by Crippen LogP contribution is 2.20. The fraction of sp³-hybridized carbons (Fsp3) is 0.192. The van der Waals surface area contributed by atoms with Crippen molar-refractivity contribution in [3.8, 4) is 0 Å². The molecule has 0 spiro atoms. The summed E-state index contributed by atoms with van der Waals surface area (Å²) in [4.78, 5) is 29.9. The number of hydrogen-bond acceptors (Lipinski definition) is 3. The van der Waals surface area contributed by atoms with Crippen LogP contribution in [0.15, 0.2) is 72.8 Å². The van der Waals surface area contributed by atoms with Crippen LogP contribution in [0.3, 0.4) is 0 Å². The van der Waals surface area contributed by atoms with E-state index in [2.05, 4.69) is 10.6 Å². The van der Waals surface area contributed by atoms with Crippen molar-refractivity contribution in [3.05, 3.63) is 95.3 Å². The fourth-order valence-electron chi connectivity index (χ4n) is 3.69. The first-order valence-electron chi connectivity index (χ1n) is 10.7. The van der Waals surface area contributed by atoms with Crippen molar-refractivity contribution >= 4 is 28.5 Å². The summed E-state index contributed by atoms with van der Waals surface area (Å²) in [6.45, 7) is 4.60. The second-order valence-electron chi connectivity index (χ2n) is 7.77. The average molecular weight is 427 g/mol. The zero-order chi connectivity index (χ0) is 22.5. The molecule has 32 heavy (non-hydrogen) atoms. The lowest BCUT2D eigenvalue weighted by molar-refractivity contribution is -0.116. The third kappa shape index (κ3) is 4.70. The monoisotopic (exact) mass is 426 g/mol. The largest absolute Gasteiger partial charge is 0.352 e. The molecule has 0 aliphatic heterocycles. The Labute approximate surface area is 187 Å². The third-order valence-corrected chi connectivity index (χ3v) is 5.58. The SMILES string of the molecule is Cc1cccc(NC(=O)Cn2c(CCNC(=O)c3ccccc3)nc3ccccc32)c1C. The normalized spacial score (nSPS) is 10.8. The number of carbonyl (C=O) groups is 2. The van der Waals surface area contributed by atoms with Gasteiger partial charge in [0.25, 0.3) is 5.91 Å². The van der Waals surface area contributed by atoms with Gasteiger partial charge in [0.2, 0.25) is 5.91 Å². The molecule has 0 fully saturated rings. The van der Waals surface area contributed by atoms with Crippen LogP contribution >= 0.6 is 0 Å². The van der Waals surface area contributed by atoms with Crippen LogP contribution in [-0.4, -0.2) is 27.9 Å². The molecule has 6 nitrogen and oxygen atoms in total. The molecular weight excluding hydrogens is 400 g/mol. The molecule has 0 saturated carbocycles. The lowest BCUT2D eigenvalue weighted by Gasteiger charge is -2.13. The highest BCUT2D eigenvalue weighted by atomic mass is 16.2. The predicted molar refractivity (Wildman–Crippen MR) is 127 cm³/mol. The van der Waals surface area contributed by atoms with Crippen molar-refractivity contribution in [1.29, 1.82) is 0 Å². The van der Waals surface area contributed by atoms with Gasteiger partial charge < -0.3 is 15.2 Å². The van der Waals surface area contributed by atoms with Gasteiger partial charge in [0.1, 0.15) is 12.4 Å². The van der Waals surface area contributed by atoms with Crippen molar-refractivity contribution in [1.82, 2.24) is 14.9 Å². The molecule has 0 atom stereocenters. The summed E-state index contributed by atoms with van der Waals surface area (Å²) in [5.41, 5.74) is 5.35. The number of rotatable bonds is 7. The van der Waals surface area contributed by atoms with Gasteiger partial charge in [-0.05, 0) is 55.3 Å². The van der Waals surface area contributed by atoms with E-state index in [4.69, 9.17) is 4.98 Å². The summed E-state index contributed by atoms with van der Waals surface area (Å²) in [5, 5.41) is 5.95. The molecule has 162 valence electrons. The molecule has 0 radical (unpaired) electrons. The molecule has 0 saturated heterocycles. The number of imidazole rings is 1. The number of nitrogens with one attached hydrogen (secondary N) is 2. The Balaban J connectivity index is 1.49. The van der Waals surface area contributed by atoms with Gasteiger partial charge in [0.15, 0.2) is 0 Å². The number of benzene rings is 3. The van der Waals surface area contributed by atoms with E-state index in [1.54, 1.807) is 12.1 Å². The van der Waals surface area contributed by atoms with Crippen LogP contribution in [0.25, 0.3) is 11.0 Å². The Bertz CT molecular complexity index is 1260. The molecule has 4 aromatic rings. The van der Waals surface area contributed by atoms with E-state index in [1.807, 2.05) is 79.1 Å². The molecule has 0 unspecified atom stereocenters. The number of carbonyl (C=O) groups excluding carboxylic acids is 2. The fourth-order valence-corrected chi connectivity index (χ4v) is 3.69. The van der Waals surface area contributed by atoms with Gasteiger partial charge in [0, 0.05) is 24.2 Å². The van der Waals surface area contributed by atoms with E-state index in [0.29, 0.717) is 18.5 Å². The molecule has 2 N–H and O–H groups in total. The van der Waals surface area contributed by atoms with Crippen molar-refractivity contribution < 1.29 is 9.59 Å². The maximum Gasteiger partial charge on any atom is 0.251 e. The number of hydrogen-bond donors (Lipinski definition) is 2. The average Bonchev–Trinajstić information content (AvgIpc) is 3.14. The molecule has 4 rings (SSSR count). The summed E-state index contributed by atoms with van der Waals surface area (Å²) in [7, 11) is 0. The highest BCUT2D eigenvalue weighted by Gasteiger charge is 2.15. The zero-order valence-corrected chi connectivity index (χ0v) is 18.3. The Kier molecular flexibility index (Phi) is 6.31. The van der Waals surface area contributed by atoms with Gasteiger partial charge in [-0.15, -0.1) is 0 Å². The predicted octanol–water partition coefficient (Wildman–Crippen LogP) is 4.26. The van der Waals surface area contributed by atoms with E-state index in [9.17, 15) is 9.59 Å². The zero-order valence-electron chi connectivity index (χ0n) is 18.3. The number of para-hydroxylation sites is 2. The molecule has 6 heteroatoms. The Morgan fingerprint density at radius 1 is 0.906 bits per heavy atom. The lowest BCUT2D eigenvalue weighted by atomic mass is 10.1. The molecule has 0 aliphatic carbocycles. The smallest absolute Gasteiger partial charge is 0.251 e. The quantitative estimate of drug-likeness (QED) is 0.464. The molecule has 1 aromatic heterocycles. The first kappa shape index (κ1) is 21.3. The molecule has 2 amide bonds. The molecule has 3 aromatic carbocycles. The standard InChI is InChI=1S/C26H26N4O2/c1-18-9-8-13-21(19(18)2)29-25(31)17-30-23-14-7-6-12-22(23)28-24(30)15-16-27-26(32)20-10-4-3-5-11-20/h3-14H,15-17H2,1-2H3,(H,27,32)(H,29,31). The Morgan fingerprint density at radius 2 is 1.66 bits per heavy atom. The van der Waals surface area contributed by atoms with Gasteiger partial charge in [-0.3, -0.25) is 9.59 Å². The molecular formula is C26H26N4O2. The van der Waals surface area contributed by atoms with Crippen LogP contribution in [0.1, 0.15) is 27.3 Å². The number of anilines is 1. The summed E-state index contributed by atoms with van der Waals surface area (Å²) in [5.74, 6) is 0.521. The van der Waals surface area contributed by atoms with Crippen LogP contribution < -0.4 is 10.6 Å². The van der Waals surface area contributed by atoms with E-state index in [-0.39, 0.29) is 18.4 Å². The van der Waals surface area contributed by atoms with Crippen molar-refractivity contribution in [2.24, 2.45) is 0 Å². The molecule has 1 heterocycles. The number of aryl methyl sites for hydroxylation is 1. The third-order valence-electron chi connectivity index (χ3n) is 5.58. The number of fused-ring (bicyclic) bond motifs is 1. The minimum Gasteiger partial charge on any atom is -0.352 e. The molecule has 0 aliphatic rings. The van der Waals surface area contributed by atoms with Crippen LogP contribution in [-0.2, 0) is 17.8 Å². The molecule has 0 bridgehead atoms. The minimum absolute atomic E-state index is 0.114. The number of nitrogens with zero attached hydrogens (tertiary/aromatic N) is 2. The van der Waals surface area contributed by atoms with Crippen molar-refractivity contribution in [3.63, 3.8) is 0 Å². The van der Waals surface area contributed by atoms with Crippen molar-refractivity contribution in [2.45, 2.75) is 26.8 Å². The van der Waals surface area contributed by atoms with Gasteiger partial charge in [-0.2, -0.15) is 0 Å². The first-order valence-corrected chi connectivity index (χ1v) is 10.7. The highest BCUT2D eigenvalue weighted by molar-refractivity contribution is 5.94. The Morgan fingerprint density at radius 3 is 2.47 bits per heavy atom. The van der Waals surface area contributed by atoms with Crippen LogP contribution in [0, 0.1) is 13.8 Å². The number of aromatic nitrogens is 2. The van der Waals surface area contributed by atoms with E-state index >= 15 is 0 Å². The van der Waals surface area contributed by atoms with E-state index in [0.717, 1.165) is 33.7 Å². The second kappa shape index (κ2) is 9.47. The number of amides is 2. The maximum absolute atomic E-state index is 12.9. The Hall–Kier alpha value is -3.93. The van der Waals surface area contributed by atoms with Gasteiger partial charge in [0.05, 0.1) is 11.0 Å². The summed E-state index contributed by atoms with van der Waals surface area (Å²) < 4.78 is 1.92. The summed E-state index contributed by atoms with van der Waals surface area (Å²) >= 11 is 0. The van der Waals surface area contributed by atoms with E-state index < -0.39 is 0 Å². The van der Waals surface area contributed by atoms with Crippen LogP contribution in [0.4, 0.5) is 5.69 Å². The van der Waals surface area contributed by atoms with Gasteiger partial charge in [-0.1, -0.05) is 42.5 Å². The maximum atomic E-state index is 12.9. The van der Waals surface area contributed by atoms with E-state index in [1.165, 1.54) is 0 Å². The topological polar surface area (TPSA) is 76.0 Å². The van der Waals surface area contributed by atoms with Crippen LogP contribution in [0.2, 0.25) is 0 Å².